The number of hydrogen-bond acceptors (Lipinski definition) is 4. The Morgan fingerprint density at radius 1 is 1.12 bits per heavy atom. The maximum Gasteiger partial charge on any atom is 0.337 e. The van der Waals surface area contributed by atoms with E-state index in [0.29, 0.717) is 5.69 Å². The molecule has 0 bridgehead atoms. The van der Waals surface area contributed by atoms with Gasteiger partial charge in [0.05, 0.1) is 17.6 Å². The van der Waals surface area contributed by atoms with Crippen molar-refractivity contribution in [3.05, 3.63) is 59.7 Å². The number of carbonyl (C=O) groups excluding carboxylic acids is 1. The van der Waals surface area contributed by atoms with Crippen molar-refractivity contribution in [1.82, 2.24) is 0 Å². The molecule has 0 atom stereocenters. The van der Waals surface area contributed by atoms with Gasteiger partial charge in [-0.25, -0.2) is 13.2 Å². The summed E-state index contributed by atoms with van der Waals surface area (Å²) in [5.74, 6) is -0.517. The minimum Gasteiger partial charge on any atom is -0.465 e. The van der Waals surface area contributed by atoms with E-state index in [1.165, 1.54) is 13.2 Å². The molecule has 0 heterocycles. The molecule has 0 aromatic heterocycles. The summed E-state index contributed by atoms with van der Waals surface area (Å²) in [6, 6.07) is 13.0. The normalized spacial score (nSPS) is 11.1. The lowest BCUT2D eigenvalue weighted by Crippen LogP contribution is -2.13. The molecule has 2 aromatic carbocycles. The zero-order valence-electron chi connectivity index (χ0n) is 13.8. The summed E-state index contributed by atoms with van der Waals surface area (Å²) < 4.78 is 32.0. The van der Waals surface area contributed by atoms with E-state index >= 15 is 0 Å². The van der Waals surface area contributed by atoms with Crippen LogP contribution in [-0.2, 0) is 21.2 Å². The second-order valence-electron chi connectivity index (χ2n) is 5.43. The number of hydrogen-bond donors (Lipinski definition) is 1. The predicted octanol–water partition coefficient (Wildman–Crippen LogP) is 3.62. The van der Waals surface area contributed by atoms with Crippen molar-refractivity contribution in [3.63, 3.8) is 0 Å². The number of unbranched alkanes of at least 4 members (excludes halogenated alkanes) is 1. The zero-order chi connectivity index (χ0) is 17.6. The van der Waals surface area contributed by atoms with Crippen LogP contribution in [0.3, 0.4) is 0 Å². The van der Waals surface area contributed by atoms with Crippen molar-refractivity contribution in [3.8, 4) is 0 Å². The van der Waals surface area contributed by atoms with E-state index in [-0.39, 0.29) is 10.5 Å². The number of carbonyl (C=O) groups is 1. The van der Waals surface area contributed by atoms with Crippen LogP contribution < -0.4 is 4.72 Å². The molecular formula is C18H21NO4S. The maximum absolute atomic E-state index is 12.5. The Balaban J connectivity index is 2.17. The van der Waals surface area contributed by atoms with Crippen LogP contribution in [0, 0.1) is 0 Å². The number of methoxy groups -OCH3 is 1. The number of aryl methyl sites for hydroxylation is 1. The number of esters is 1. The Hall–Kier alpha value is -2.34. The van der Waals surface area contributed by atoms with E-state index < -0.39 is 16.0 Å². The Bertz CT molecular complexity index is 798. The van der Waals surface area contributed by atoms with Gasteiger partial charge in [0.2, 0.25) is 0 Å². The van der Waals surface area contributed by atoms with Gasteiger partial charge in [0.25, 0.3) is 10.0 Å². The molecule has 5 nitrogen and oxygen atoms in total. The predicted molar refractivity (Wildman–Crippen MR) is 93.6 cm³/mol. The van der Waals surface area contributed by atoms with Gasteiger partial charge >= 0.3 is 5.97 Å². The number of anilines is 1. The lowest BCUT2D eigenvalue weighted by molar-refractivity contribution is 0.0601. The van der Waals surface area contributed by atoms with Gasteiger partial charge in [-0.05, 0) is 48.7 Å². The second-order valence-corrected chi connectivity index (χ2v) is 7.11. The van der Waals surface area contributed by atoms with Gasteiger partial charge in [-0.15, -0.1) is 0 Å². The molecule has 0 fully saturated rings. The fraction of sp³-hybridized carbons (Fsp3) is 0.278. The van der Waals surface area contributed by atoms with Crippen molar-refractivity contribution in [2.45, 2.75) is 31.1 Å². The van der Waals surface area contributed by atoms with Gasteiger partial charge in [0.15, 0.2) is 0 Å². The average Bonchev–Trinajstić information content (AvgIpc) is 2.59. The summed E-state index contributed by atoms with van der Waals surface area (Å²) in [4.78, 5) is 11.7. The topological polar surface area (TPSA) is 72.5 Å². The summed E-state index contributed by atoms with van der Waals surface area (Å²) in [6.45, 7) is 2.12. The average molecular weight is 347 g/mol. The van der Waals surface area contributed by atoms with Crippen molar-refractivity contribution < 1.29 is 17.9 Å². The monoisotopic (exact) mass is 347 g/mol. The number of ether oxygens (including phenoxy) is 1. The molecular weight excluding hydrogens is 326 g/mol. The number of benzene rings is 2. The lowest BCUT2D eigenvalue weighted by atomic mass is 10.1. The molecule has 128 valence electrons. The van der Waals surface area contributed by atoms with Crippen LogP contribution >= 0.6 is 0 Å². The lowest BCUT2D eigenvalue weighted by Gasteiger charge is -2.10. The third kappa shape index (κ3) is 4.58. The molecule has 0 spiro atoms. The smallest absolute Gasteiger partial charge is 0.337 e. The van der Waals surface area contributed by atoms with Gasteiger partial charge < -0.3 is 4.74 Å². The highest BCUT2D eigenvalue weighted by Gasteiger charge is 2.15. The third-order valence-corrected chi connectivity index (χ3v) is 4.99. The largest absolute Gasteiger partial charge is 0.465 e. The Kier molecular flexibility index (Phi) is 5.98. The molecule has 2 aromatic rings. The minimum absolute atomic E-state index is 0.186. The molecule has 0 aliphatic rings. The summed E-state index contributed by atoms with van der Waals surface area (Å²) in [5, 5.41) is 0. The highest BCUT2D eigenvalue weighted by Crippen LogP contribution is 2.18. The highest BCUT2D eigenvalue weighted by atomic mass is 32.2. The molecule has 0 aliphatic carbocycles. The fourth-order valence-corrected chi connectivity index (χ4v) is 3.31. The van der Waals surface area contributed by atoms with Crippen molar-refractivity contribution in [2.24, 2.45) is 0 Å². The molecule has 6 heteroatoms. The Labute approximate surface area is 142 Å². The summed E-state index contributed by atoms with van der Waals surface area (Å²) in [7, 11) is -2.42. The van der Waals surface area contributed by atoms with Crippen LogP contribution in [0.2, 0.25) is 0 Å². The highest BCUT2D eigenvalue weighted by molar-refractivity contribution is 7.92. The van der Waals surface area contributed by atoms with Crippen molar-refractivity contribution >= 4 is 21.7 Å². The van der Waals surface area contributed by atoms with Crippen LogP contribution in [0.1, 0.15) is 35.7 Å². The SMILES string of the molecule is CCCCc1ccc(S(=O)(=O)Nc2cccc(C(=O)OC)c2)cc1. The van der Waals surface area contributed by atoms with Crippen LogP contribution in [0.15, 0.2) is 53.4 Å². The maximum atomic E-state index is 12.5. The van der Waals surface area contributed by atoms with Gasteiger partial charge in [-0.2, -0.15) is 0 Å². The summed E-state index contributed by atoms with van der Waals surface area (Å²) in [5.41, 5.74) is 1.71. The minimum atomic E-state index is -3.70. The molecule has 0 saturated carbocycles. The van der Waals surface area contributed by atoms with Crippen LogP contribution in [0.4, 0.5) is 5.69 Å². The molecule has 0 unspecified atom stereocenters. The molecule has 1 N–H and O–H groups in total. The van der Waals surface area contributed by atoms with E-state index in [1.807, 2.05) is 12.1 Å². The Morgan fingerprint density at radius 3 is 2.46 bits per heavy atom. The standard InChI is InChI=1S/C18H21NO4S/c1-3-4-6-14-9-11-17(12-10-14)24(21,22)19-16-8-5-7-15(13-16)18(20)23-2/h5,7-13,19H,3-4,6H2,1-2H3. The first-order valence-corrected chi connectivity index (χ1v) is 9.24. The van der Waals surface area contributed by atoms with Crippen LogP contribution in [-0.4, -0.2) is 21.5 Å². The van der Waals surface area contributed by atoms with Gasteiger partial charge in [0, 0.05) is 5.69 Å². The molecule has 2 rings (SSSR count). The quantitative estimate of drug-likeness (QED) is 0.777. The molecule has 0 amide bonds. The number of sulfonamides is 1. The van der Waals surface area contributed by atoms with Crippen LogP contribution in [0.25, 0.3) is 0 Å². The fourth-order valence-electron chi connectivity index (χ4n) is 2.26. The van der Waals surface area contributed by atoms with E-state index in [9.17, 15) is 13.2 Å². The van der Waals surface area contributed by atoms with E-state index in [0.717, 1.165) is 24.8 Å². The molecule has 0 radical (unpaired) electrons. The Morgan fingerprint density at radius 2 is 1.83 bits per heavy atom. The van der Waals surface area contributed by atoms with Crippen LogP contribution in [0.5, 0.6) is 0 Å². The van der Waals surface area contributed by atoms with Gasteiger partial charge in [-0.3, -0.25) is 4.72 Å². The van der Waals surface area contributed by atoms with Crippen molar-refractivity contribution in [1.29, 1.82) is 0 Å². The number of nitrogens with one attached hydrogen (secondary N) is 1. The van der Waals surface area contributed by atoms with E-state index in [1.54, 1.807) is 30.3 Å². The zero-order valence-corrected chi connectivity index (χ0v) is 14.6. The van der Waals surface area contributed by atoms with Gasteiger partial charge in [-0.1, -0.05) is 31.5 Å². The molecule has 0 aliphatic heterocycles. The third-order valence-electron chi connectivity index (χ3n) is 3.59. The second kappa shape index (κ2) is 7.97. The van der Waals surface area contributed by atoms with Gasteiger partial charge in [0.1, 0.15) is 0 Å². The first-order valence-electron chi connectivity index (χ1n) is 7.76. The summed E-state index contributed by atoms with van der Waals surface area (Å²) >= 11 is 0. The first kappa shape index (κ1) is 18.0. The first-order chi connectivity index (χ1) is 11.5. The molecule has 24 heavy (non-hydrogen) atoms. The van der Waals surface area contributed by atoms with E-state index in [4.69, 9.17) is 0 Å². The van der Waals surface area contributed by atoms with E-state index in [2.05, 4.69) is 16.4 Å². The number of rotatable bonds is 7. The van der Waals surface area contributed by atoms with Crippen molar-refractivity contribution in [2.75, 3.05) is 11.8 Å². The molecule has 0 saturated heterocycles. The summed E-state index contributed by atoms with van der Waals surface area (Å²) in [6.07, 6.45) is 3.11.